The highest BCUT2D eigenvalue weighted by molar-refractivity contribution is 5.80. The van der Waals surface area contributed by atoms with Crippen LogP contribution in [0.5, 0.6) is 5.75 Å². The van der Waals surface area contributed by atoms with E-state index in [-0.39, 0.29) is 11.6 Å². The highest BCUT2D eigenvalue weighted by atomic mass is 16.5. The van der Waals surface area contributed by atoms with Crippen LogP contribution < -0.4 is 10.3 Å². The summed E-state index contributed by atoms with van der Waals surface area (Å²) in [5.74, 6) is 1.53. The monoisotopic (exact) mass is 505 g/mol. The van der Waals surface area contributed by atoms with Gasteiger partial charge in [-0.05, 0) is 59.7 Å². The zero-order chi connectivity index (χ0) is 25.2. The third-order valence-corrected chi connectivity index (χ3v) is 8.86. The number of aromatic amines is 1. The molecule has 0 bridgehead atoms. The maximum Gasteiger partial charge on any atom is 0.253 e. The van der Waals surface area contributed by atoms with Gasteiger partial charge in [0, 0.05) is 43.9 Å². The van der Waals surface area contributed by atoms with E-state index in [1.165, 1.54) is 51.4 Å². The summed E-state index contributed by atoms with van der Waals surface area (Å²) < 4.78 is 7.41. The number of methoxy groups -OCH3 is 1. The van der Waals surface area contributed by atoms with Crippen LogP contribution in [0.25, 0.3) is 10.9 Å². The molecule has 2 saturated carbocycles. The molecule has 3 heterocycles. The predicted molar refractivity (Wildman–Crippen MR) is 143 cm³/mol. The fraction of sp³-hybridized carbons (Fsp3) is 0.643. The molecule has 6 rings (SSSR count). The van der Waals surface area contributed by atoms with E-state index < -0.39 is 0 Å². The van der Waals surface area contributed by atoms with E-state index >= 15 is 0 Å². The standard InChI is InChI=1S/C28H39N7O2/c1-37-23-13-12-20-18-24(28(36)29-25(20)19-23)26(27-30-31-32-35(27)22-10-6-3-7-11-22)34-16-14-33(15-17-34)21-8-4-2-5-9-21/h12-13,18-19,21-22,26H,2-11,14-17H2,1H3,(H,29,36)/t26-/m1/s1. The second-order valence-electron chi connectivity index (χ2n) is 11.0. The van der Waals surface area contributed by atoms with E-state index in [0.29, 0.717) is 12.1 Å². The molecule has 1 N–H and O–H groups in total. The van der Waals surface area contributed by atoms with E-state index in [1.807, 2.05) is 28.9 Å². The number of hydrogen-bond acceptors (Lipinski definition) is 7. The molecule has 1 aromatic carbocycles. The Balaban J connectivity index is 1.36. The molecule has 0 spiro atoms. The van der Waals surface area contributed by atoms with Crippen LogP contribution in [0.15, 0.2) is 29.1 Å². The molecule has 2 aromatic heterocycles. The predicted octanol–water partition coefficient (Wildman–Crippen LogP) is 4.07. The Morgan fingerprint density at radius 1 is 0.919 bits per heavy atom. The molecule has 0 unspecified atom stereocenters. The lowest BCUT2D eigenvalue weighted by atomic mass is 9.93. The number of benzene rings is 1. The molecule has 1 aliphatic heterocycles. The summed E-state index contributed by atoms with van der Waals surface area (Å²) in [6.45, 7) is 3.85. The number of rotatable bonds is 6. The Labute approximate surface area is 218 Å². The molecule has 9 nitrogen and oxygen atoms in total. The van der Waals surface area contributed by atoms with Gasteiger partial charge < -0.3 is 9.72 Å². The number of tetrazole rings is 1. The molecule has 1 atom stereocenters. The van der Waals surface area contributed by atoms with Crippen molar-refractivity contribution in [3.8, 4) is 5.75 Å². The molecule has 3 aliphatic rings. The van der Waals surface area contributed by atoms with E-state index in [4.69, 9.17) is 4.74 Å². The van der Waals surface area contributed by atoms with Gasteiger partial charge in [-0.15, -0.1) is 5.10 Å². The molecule has 3 fully saturated rings. The van der Waals surface area contributed by atoms with Crippen molar-refractivity contribution in [1.82, 2.24) is 35.0 Å². The van der Waals surface area contributed by atoms with Crippen molar-refractivity contribution >= 4 is 10.9 Å². The van der Waals surface area contributed by atoms with E-state index in [2.05, 4.69) is 30.3 Å². The van der Waals surface area contributed by atoms with Crippen molar-refractivity contribution in [2.75, 3.05) is 33.3 Å². The first-order valence-corrected chi connectivity index (χ1v) is 14.2. The highest BCUT2D eigenvalue weighted by Gasteiger charge is 2.35. The van der Waals surface area contributed by atoms with Crippen LogP contribution in [0, 0.1) is 0 Å². The van der Waals surface area contributed by atoms with Crippen molar-refractivity contribution in [2.45, 2.75) is 82.3 Å². The molecule has 2 aliphatic carbocycles. The first-order chi connectivity index (χ1) is 18.2. The van der Waals surface area contributed by atoms with Crippen LogP contribution in [0.2, 0.25) is 0 Å². The Morgan fingerprint density at radius 2 is 1.62 bits per heavy atom. The number of nitrogens with zero attached hydrogens (tertiary/aromatic N) is 6. The van der Waals surface area contributed by atoms with Crippen LogP contribution in [0.3, 0.4) is 0 Å². The first kappa shape index (κ1) is 24.6. The van der Waals surface area contributed by atoms with Crippen molar-refractivity contribution < 1.29 is 4.74 Å². The summed E-state index contributed by atoms with van der Waals surface area (Å²) in [6, 6.07) is 8.59. The number of H-pyrrole nitrogens is 1. The lowest BCUT2D eigenvalue weighted by Crippen LogP contribution is -2.52. The normalized spacial score (nSPS) is 21.9. The number of hydrogen-bond donors (Lipinski definition) is 1. The minimum atomic E-state index is -0.277. The zero-order valence-electron chi connectivity index (χ0n) is 21.9. The van der Waals surface area contributed by atoms with Gasteiger partial charge in [0.05, 0.1) is 18.7 Å². The van der Waals surface area contributed by atoms with E-state index in [0.717, 1.165) is 67.1 Å². The molecular weight excluding hydrogens is 466 g/mol. The van der Waals surface area contributed by atoms with Gasteiger partial charge in [-0.1, -0.05) is 38.5 Å². The summed E-state index contributed by atoms with van der Waals surface area (Å²) in [5, 5.41) is 14.2. The number of piperazine rings is 1. The second kappa shape index (κ2) is 10.9. The van der Waals surface area contributed by atoms with Gasteiger partial charge >= 0.3 is 0 Å². The second-order valence-corrected chi connectivity index (χ2v) is 11.0. The van der Waals surface area contributed by atoms with Gasteiger partial charge in [-0.2, -0.15) is 0 Å². The van der Waals surface area contributed by atoms with Crippen molar-refractivity contribution in [3.63, 3.8) is 0 Å². The average Bonchev–Trinajstić information content (AvgIpc) is 3.44. The SMILES string of the molecule is COc1ccc2cc([C@H](c3nnnn3C3CCCCC3)N3CCN(C4CCCCC4)CC3)c(=O)[nH]c2c1. The van der Waals surface area contributed by atoms with Crippen molar-refractivity contribution in [3.05, 3.63) is 46.0 Å². The summed E-state index contributed by atoms with van der Waals surface area (Å²) in [6.07, 6.45) is 12.6. The van der Waals surface area contributed by atoms with Crippen LogP contribution >= 0.6 is 0 Å². The Morgan fingerprint density at radius 3 is 2.32 bits per heavy atom. The Bertz CT molecular complexity index is 1250. The minimum absolute atomic E-state index is 0.0846. The van der Waals surface area contributed by atoms with Gasteiger partial charge in [-0.3, -0.25) is 14.6 Å². The summed E-state index contributed by atoms with van der Waals surface area (Å²) in [7, 11) is 1.64. The number of aromatic nitrogens is 5. The number of pyridine rings is 1. The fourth-order valence-electron chi connectivity index (χ4n) is 6.80. The molecule has 3 aromatic rings. The van der Waals surface area contributed by atoms with Gasteiger partial charge in [-0.25, -0.2) is 4.68 Å². The number of fused-ring (bicyclic) bond motifs is 1. The quantitative estimate of drug-likeness (QED) is 0.540. The summed E-state index contributed by atoms with van der Waals surface area (Å²) in [5.41, 5.74) is 1.41. The van der Waals surface area contributed by atoms with Crippen LogP contribution in [0.1, 0.15) is 87.7 Å². The Kier molecular flexibility index (Phi) is 7.24. The van der Waals surface area contributed by atoms with E-state index in [9.17, 15) is 4.79 Å². The van der Waals surface area contributed by atoms with Crippen LogP contribution in [0.4, 0.5) is 0 Å². The van der Waals surface area contributed by atoms with E-state index in [1.54, 1.807) is 7.11 Å². The first-order valence-electron chi connectivity index (χ1n) is 14.2. The largest absolute Gasteiger partial charge is 0.497 e. The zero-order valence-corrected chi connectivity index (χ0v) is 21.9. The summed E-state index contributed by atoms with van der Waals surface area (Å²) in [4.78, 5) is 21.8. The lowest BCUT2D eigenvalue weighted by molar-refractivity contribution is 0.0610. The lowest BCUT2D eigenvalue weighted by Gasteiger charge is -2.43. The maximum absolute atomic E-state index is 13.6. The number of ether oxygens (including phenoxy) is 1. The van der Waals surface area contributed by atoms with Gasteiger partial charge in [0.1, 0.15) is 11.8 Å². The molecule has 1 saturated heterocycles. The van der Waals surface area contributed by atoms with Crippen LogP contribution in [-0.4, -0.2) is 74.3 Å². The third-order valence-electron chi connectivity index (χ3n) is 8.86. The molecular formula is C28H39N7O2. The average molecular weight is 506 g/mol. The van der Waals surface area contributed by atoms with Gasteiger partial charge in [0.2, 0.25) is 0 Å². The van der Waals surface area contributed by atoms with Crippen molar-refractivity contribution in [2.24, 2.45) is 0 Å². The van der Waals surface area contributed by atoms with Gasteiger partial charge in [0.15, 0.2) is 5.82 Å². The topological polar surface area (TPSA) is 92.2 Å². The van der Waals surface area contributed by atoms with Crippen molar-refractivity contribution in [1.29, 1.82) is 0 Å². The maximum atomic E-state index is 13.6. The molecule has 0 amide bonds. The fourth-order valence-corrected chi connectivity index (χ4v) is 6.80. The molecule has 0 radical (unpaired) electrons. The third kappa shape index (κ3) is 5.03. The Hall–Kier alpha value is -2.78. The van der Waals surface area contributed by atoms with Gasteiger partial charge in [0.25, 0.3) is 5.56 Å². The summed E-state index contributed by atoms with van der Waals surface area (Å²) >= 11 is 0. The molecule has 198 valence electrons. The number of nitrogens with one attached hydrogen (secondary N) is 1. The minimum Gasteiger partial charge on any atom is -0.497 e. The molecule has 37 heavy (non-hydrogen) atoms. The molecule has 9 heteroatoms. The smallest absolute Gasteiger partial charge is 0.253 e. The van der Waals surface area contributed by atoms with Crippen LogP contribution in [-0.2, 0) is 0 Å². The highest BCUT2D eigenvalue weighted by Crippen LogP contribution is 2.34.